The van der Waals surface area contributed by atoms with Crippen LogP contribution in [0.3, 0.4) is 0 Å². The number of hydrogen-bond donors (Lipinski definition) is 1. The van der Waals surface area contributed by atoms with Gasteiger partial charge in [0, 0.05) is 31.7 Å². The van der Waals surface area contributed by atoms with E-state index in [2.05, 4.69) is 51.8 Å². The molecule has 0 amide bonds. The third-order valence-electron chi connectivity index (χ3n) is 5.80. The van der Waals surface area contributed by atoms with Crippen molar-refractivity contribution in [1.82, 2.24) is 10.2 Å². The molecule has 1 aliphatic carbocycles. The second kappa shape index (κ2) is 6.58. The average molecular weight is 295 g/mol. The van der Waals surface area contributed by atoms with E-state index in [1.165, 1.54) is 51.9 Å². The Labute approximate surface area is 133 Å². The Kier molecular flexibility index (Phi) is 5.41. The van der Waals surface area contributed by atoms with E-state index in [1.807, 2.05) is 0 Å². The highest BCUT2D eigenvalue weighted by molar-refractivity contribution is 4.93. The molecular formula is C19H38N2. The third kappa shape index (κ3) is 4.96. The fourth-order valence-corrected chi connectivity index (χ4v) is 4.43. The minimum atomic E-state index is 0.235. The molecule has 2 heteroatoms. The Morgan fingerprint density at radius 2 is 1.71 bits per heavy atom. The molecule has 1 saturated carbocycles. The molecule has 1 aliphatic heterocycles. The van der Waals surface area contributed by atoms with Gasteiger partial charge in [-0.3, -0.25) is 0 Å². The van der Waals surface area contributed by atoms with Crippen LogP contribution in [0, 0.1) is 23.2 Å². The topological polar surface area (TPSA) is 15.3 Å². The zero-order chi connectivity index (χ0) is 15.7. The molecule has 4 atom stereocenters. The standard InChI is InChI=1S/C19H38N2/c1-15-8-7-9-19(10-15,13-20-18(4,5)6)14-21-11-16(2)17(3)12-21/h15-17,20H,7-14H2,1-6H3. The van der Waals surface area contributed by atoms with Crippen molar-refractivity contribution < 1.29 is 0 Å². The summed E-state index contributed by atoms with van der Waals surface area (Å²) in [5.41, 5.74) is 0.744. The molecule has 0 bridgehead atoms. The van der Waals surface area contributed by atoms with Crippen LogP contribution in [0.15, 0.2) is 0 Å². The predicted octanol–water partition coefficient (Wildman–Crippen LogP) is 4.16. The second-order valence-corrected chi connectivity index (χ2v) is 9.45. The largest absolute Gasteiger partial charge is 0.311 e. The van der Waals surface area contributed by atoms with Gasteiger partial charge >= 0.3 is 0 Å². The van der Waals surface area contributed by atoms with Gasteiger partial charge in [-0.25, -0.2) is 0 Å². The highest BCUT2D eigenvalue weighted by Crippen LogP contribution is 2.41. The molecule has 124 valence electrons. The number of nitrogens with one attached hydrogen (secondary N) is 1. The van der Waals surface area contributed by atoms with Crippen LogP contribution in [0.1, 0.15) is 67.2 Å². The fraction of sp³-hybridized carbons (Fsp3) is 1.00. The SMILES string of the molecule is CC1CCCC(CNC(C)(C)C)(CN2CC(C)C(C)C2)C1. The van der Waals surface area contributed by atoms with E-state index in [0.29, 0.717) is 5.41 Å². The monoisotopic (exact) mass is 294 g/mol. The number of hydrogen-bond acceptors (Lipinski definition) is 2. The maximum atomic E-state index is 3.82. The molecule has 1 N–H and O–H groups in total. The molecule has 1 saturated heterocycles. The Bertz CT molecular complexity index is 323. The van der Waals surface area contributed by atoms with Gasteiger partial charge in [0.1, 0.15) is 0 Å². The minimum Gasteiger partial charge on any atom is -0.311 e. The maximum absolute atomic E-state index is 3.82. The van der Waals surface area contributed by atoms with Crippen molar-refractivity contribution in [3.63, 3.8) is 0 Å². The summed E-state index contributed by atoms with van der Waals surface area (Å²) < 4.78 is 0. The summed E-state index contributed by atoms with van der Waals surface area (Å²) in [6.07, 6.45) is 5.69. The number of rotatable bonds is 4. The molecule has 2 nitrogen and oxygen atoms in total. The fourth-order valence-electron chi connectivity index (χ4n) is 4.43. The molecule has 2 rings (SSSR count). The number of nitrogens with zero attached hydrogens (tertiary/aromatic N) is 1. The first-order valence-corrected chi connectivity index (χ1v) is 9.16. The van der Waals surface area contributed by atoms with E-state index in [4.69, 9.17) is 0 Å². The van der Waals surface area contributed by atoms with Crippen molar-refractivity contribution in [3.05, 3.63) is 0 Å². The van der Waals surface area contributed by atoms with Crippen molar-refractivity contribution in [2.24, 2.45) is 23.2 Å². The third-order valence-corrected chi connectivity index (χ3v) is 5.80. The minimum absolute atomic E-state index is 0.235. The van der Waals surface area contributed by atoms with Gasteiger partial charge in [-0.05, 0) is 56.8 Å². The normalized spacial score (nSPS) is 38.9. The lowest BCUT2D eigenvalue weighted by Gasteiger charge is -2.44. The maximum Gasteiger partial charge on any atom is 0.00967 e. The lowest BCUT2D eigenvalue weighted by molar-refractivity contribution is 0.0818. The Hall–Kier alpha value is -0.0800. The second-order valence-electron chi connectivity index (χ2n) is 9.45. The van der Waals surface area contributed by atoms with E-state index in [-0.39, 0.29) is 5.54 Å². The quantitative estimate of drug-likeness (QED) is 0.837. The van der Waals surface area contributed by atoms with Crippen LogP contribution in [-0.4, -0.2) is 36.6 Å². The van der Waals surface area contributed by atoms with Crippen molar-refractivity contribution in [2.75, 3.05) is 26.2 Å². The molecule has 1 heterocycles. The molecule has 2 fully saturated rings. The summed E-state index contributed by atoms with van der Waals surface area (Å²) in [5, 5.41) is 3.82. The summed E-state index contributed by atoms with van der Waals surface area (Å²) in [7, 11) is 0. The molecule has 0 aromatic carbocycles. The van der Waals surface area contributed by atoms with Gasteiger partial charge in [0.2, 0.25) is 0 Å². The zero-order valence-electron chi connectivity index (χ0n) is 15.3. The van der Waals surface area contributed by atoms with Crippen LogP contribution in [0.5, 0.6) is 0 Å². The Balaban J connectivity index is 2.01. The van der Waals surface area contributed by atoms with Crippen LogP contribution >= 0.6 is 0 Å². The first-order valence-electron chi connectivity index (χ1n) is 9.16. The Morgan fingerprint density at radius 3 is 2.24 bits per heavy atom. The first-order chi connectivity index (χ1) is 9.69. The molecule has 0 spiro atoms. The molecule has 4 unspecified atom stereocenters. The molecular weight excluding hydrogens is 256 g/mol. The molecule has 0 radical (unpaired) electrons. The first kappa shape index (κ1) is 17.3. The van der Waals surface area contributed by atoms with Gasteiger partial charge in [0.05, 0.1) is 0 Å². The van der Waals surface area contributed by atoms with Gasteiger partial charge in [0.25, 0.3) is 0 Å². The lowest BCUT2D eigenvalue weighted by atomic mass is 9.69. The molecule has 0 aromatic heterocycles. The summed E-state index contributed by atoms with van der Waals surface area (Å²) >= 11 is 0. The van der Waals surface area contributed by atoms with E-state index < -0.39 is 0 Å². The van der Waals surface area contributed by atoms with Gasteiger partial charge < -0.3 is 10.2 Å². The summed E-state index contributed by atoms with van der Waals surface area (Å²) in [6.45, 7) is 19.3. The highest BCUT2D eigenvalue weighted by Gasteiger charge is 2.39. The van der Waals surface area contributed by atoms with Crippen molar-refractivity contribution in [2.45, 2.75) is 72.8 Å². The van der Waals surface area contributed by atoms with E-state index in [0.717, 1.165) is 17.8 Å². The van der Waals surface area contributed by atoms with Gasteiger partial charge in [-0.1, -0.05) is 33.6 Å². The van der Waals surface area contributed by atoms with E-state index in [1.54, 1.807) is 0 Å². The van der Waals surface area contributed by atoms with Crippen LogP contribution in [0.4, 0.5) is 0 Å². The predicted molar refractivity (Wildman–Crippen MR) is 92.6 cm³/mol. The lowest BCUT2D eigenvalue weighted by Crippen LogP contribution is -2.50. The van der Waals surface area contributed by atoms with Crippen LogP contribution < -0.4 is 5.32 Å². The average Bonchev–Trinajstić information content (AvgIpc) is 2.65. The molecule has 2 aliphatic rings. The van der Waals surface area contributed by atoms with E-state index in [9.17, 15) is 0 Å². The van der Waals surface area contributed by atoms with Crippen molar-refractivity contribution in [1.29, 1.82) is 0 Å². The highest BCUT2D eigenvalue weighted by atomic mass is 15.2. The zero-order valence-corrected chi connectivity index (χ0v) is 15.3. The summed E-state index contributed by atoms with van der Waals surface area (Å²) in [5.74, 6) is 2.65. The van der Waals surface area contributed by atoms with Crippen LogP contribution in [0.2, 0.25) is 0 Å². The Morgan fingerprint density at radius 1 is 1.10 bits per heavy atom. The molecule has 21 heavy (non-hydrogen) atoms. The van der Waals surface area contributed by atoms with Gasteiger partial charge in [-0.2, -0.15) is 0 Å². The van der Waals surface area contributed by atoms with Gasteiger partial charge in [-0.15, -0.1) is 0 Å². The summed E-state index contributed by atoms with van der Waals surface area (Å²) in [6, 6.07) is 0. The van der Waals surface area contributed by atoms with Crippen molar-refractivity contribution in [3.8, 4) is 0 Å². The van der Waals surface area contributed by atoms with Crippen LogP contribution in [-0.2, 0) is 0 Å². The summed E-state index contributed by atoms with van der Waals surface area (Å²) in [4.78, 5) is 2.76. The van der Waals surface area contributed by atoms with E-state index >= 15 is 0 Å². The number of likely N-dealkylation sites (tertiary alicyclic amines) is 1. The molecule has 0 aromatic rings. The van der Waals surface area contributed by atoms with Crippen molar-refractivity contribution >= 4 is 0 Å². The van der Waals surface area contributed by atoms with Crippen LogP contribution in [0.25, 0.3) is 0 Å². The smallest absolute Gasteiger partial charge is 0.00967 e. The van der Waals surface area contributed by atoms with Gasteiger partial charge in [0.15, 0.2) is 0 Å².